The number of benzene rings is 5. The summed E-state index contributed by atoms with van der Waals surface area (Å²) in [5.41, 5.74) is 14.5. The highest BCUT2D eigenvalue weighted by atomic mass is 32.1. The number of thiophene rings is 1. The summed E-state index contributed by atoms with van der Waals surface area (Å²) in [6.45, 7) is 8.14. The molecule has 8 rings (SSSR count). The maximum Gasteiger partial charge on any atom is 0.0819 e. The smallest absolute Gasteiger partial charge is 0.0819 e. The molecule has 1 heterocycles. The molecular formula is C39H27NS. The van der Waals surface area contributed by atoms with E-state index in [0.29, 0.717) is 0 Å². The van der Waals surface area contributed by atoms with E-state index in [-0.39, 0.29) is 5.41 Å². The monoisotopic (exact) mass is 541 g/mol. The van der Waals surface area contributed by atoms with Crippen LogP contribution in [0.25, 0.3) is 34.4 Å². The van der Waals surface area contributed by atoms with Crippen LogP contribution in [-0.4, -0.2) is 0 Å². The van der Waals surface area contributed by atoms with Crippen molar-refractivity contribution in [1.29, 1.82) is 0 Å². The first-order valence-electron chi connectivity index (χ1n) is 13.9. The van der Waals surface area contributed by atoms with E-state index in [1.807, 2.05) is 23.5 Å². The van der Waals surface area contributed by atoms with E-state index in [0.717, 1.165) is 28.2 Å². The lowest BCUT2D eigenvalue weighted by atomic mass is 9.73. The molecule has 0 N–H and O–H groups in total. The number of anilines is 3. The highest BCUT2D eigenvalue weighted by molar-refractivity contribution is 7.11. The Kier molecular flexibility index (Phi) is 5.28. The normalized spacial score (nSPS) is 13.3. The van der Waals surface area contributed by atoms with Crippen LogP contribution in [0.5, 0.6) is 0 Å². The van der Waals surface area contributed by atoms with Crippen molar-refractivity contribution in [3.05, 3.63) is 173 Å². The van der Waals surface area contributed by atoms with E-state index in [1.54, 1.807) is 0 Å². The first-order chi connectivity index (χ1) is 20.2. The van der Waals surface area contributed by atoms with Crippen molar-refractivity contribution in [1.82, 2.24) is 0 Å². The average Bonchev–Trinajstić information content (AvgIpc) is 3.70. The Bertz CT molecular complexity index is 1880. The van der Waals surface area contributed by atoms with Gasteiger partial charge in [-0.2, -0.15) is 0 Å². The summed E-state index contributed by atoms with van der Waals surface area (Å²) in [5.74, 6) is 0. The summed E-state index contributed by atoms with van der Waals surface area (Å²) in [5, 5.41) is 2.25. The van der Waals surface area contributed by atoms with Gasteiger partial charge in [-0.3, -0.25) is 0 Å². The minimum atomic E-state index is -0.377. The maximum absolute atomic E-state index is 4.07. The van der Waals surface area contributed by atoms with Gasteiger partial charge in [0.15, 0.2) is 0 Å². The van der Waals surface area contributed by atoms with Gasteiger partial charge in [0.05, 0.1) is 5.41 Å². The number of hydrogen-bond donors (Lipinski definition) is 0. The van der Waals surface area contributed by atoms with Crippen molar-refractivity contribution in [2.75, 3.05) is 4.90 Å². The van der Waals surface area contributed by atoms with Gasteiger partial charge in [0.2, 0.25) is 0 Å². The minimum absolute atomic E-state index is 0.377. The van der Waals surface area contributed by atoms with Gasteiger partial charge in [0.1, 0.15) is 0 Å². The summed E-state index contributed by atoms with van der Waals surface area (Å²) in [7, 11) is 0. The number of para-hydroxylation sites is 2. The summed E-state index contributed by atoms with van der Waals surface area (Å²) in [6.07, 6.45) is 3.88. The van der Waals surface area contributed by atoms with Gasteiger partial charge in [0.25, 0.3) is 0 Å². The molecule has 1 aromatic heterocycles. The van der Waals surface area contributed by atoms with E-state index in [9.17, 15) is 0 Å². The zero-order valence-corrected chi connectivity index (χ0v) is 23.4. The molecular weight excluding hydrogens is 515 g/mol. The highest BCUT2D eigenvalue weighted by Crippen LogP contribution is 2.65. The molecule has 2 aliphatic rings. The minimum Gasteiger partial charge on any atom is -0.310 e. The summed E-state index contributed by atoms with van der Waals surface area (Å²) >= 11 is 1.86. The lowest BCUT2D eigenvalue weighted by molar-refractivity contribution is 0.811. The van der Waals surface area contributed by atoms with Crippen molar-refractivity contribution in [2.45, 2.75) is 5.41 Å². The molecule has 2 heteroatoms. The molecule has 0 saturated carbocycles. The Hall–Kier alpha value is -4.92. The number of rotatable bonds is 5. The van der Waals surface area contributed by atoms with Gasteiger partial charge < -0.3 is 4.90 Å². The SMILES string of the molecule is C=Cc1ccc2c(c1)-c1cc(C=C)ccc1C21c2cc(N(c3ccccc3)c3ccccc3)ccc2-c2ccsc21. The standard InChI is InChI=1S/C39H27NS/c1-3-26-15-19-35-33(23-26)34-24-27(4-2)16-20-36(34)39(35)37-25-30(17-18-31(37)32-21-22-41-38(32)39)40(28-11-7-5-8-12-28)29-13-9-6-10-14-29/h3-25H,1-2H2. The number of fused-ring (bicyclic) bond motifs is 10. The predicted molar refractivity (Wildman–Crippen MR) is 175 cm³/mol. The van der Waals surface area contributed by atoms with Gasteiger partial charge in [0, 0.05) is 21.9 Å². The van der Waals surface area contributed by atoms with Crippen LogP contribution in [0.2, 0.25) is 0 Å². The molecule has 41 heavy (non-hydrogen) atoms. The topological polar surface area (TPSA) is 3.24 Å². The maximum atomic E-state index is 4.07. The highest BCUT2D eigenvalue weighted by Gasteiger charge is 2.52. The number of hydrogen-bond acceptors (Lipinski definition) is 2. The van der Waals surface area contributed by atoms with E-state index in [1.165, 1.54) is 43.8 Å². The van der Waals surface area contributed by atoms with Gasteiger partial charge in [-0.25, -0.2) is 0 Å². The first kappa shape index (κ1) is 23.9. The van der Waals surface area contributed by atoms with E-state index >= 15 is 0 Å². The van der Waals surface area contributed by atoms with Crippen LogP contribution in [0.4, 0.5) is 17.1 Å². The molecule has 0 unspecified atom stereocenters. The van der Waals surface area contributed by atoms with Crippen LogP contribution in [0, 0.1) is 0 Å². The molecule has 5 aromatic carbocycles. The van der Waals surface area contributed by atoms with Crippen LogP contribution >= 0.6 is 11.3 Å². The molecule has 0 amide bonds. The second-order valence-electron chi connectivity index (χ2n) is 10.7. The quantitative estimate of drug-likeness (QED) is 0.209. The molecule has 0 saturated heterocycles. The molecule has 1 nitrogen and oxygen atoms in total. The third kappa shape index (κ3) is 3.29. The van der Waals surface area contributed by atoms with Crippen LogP contribution in [0.3, 0.4) is 0 Å². The Morgan fingerprint density at radius 3 is 1.66 bits per heavy atom. The molecule has 0 radical (unpaired) electrons. The van der Waals surface area contributed by atoms with Crippen molar-refractivity contribution < 1.29 is 0 Å². The average molecular weight is 542 g/mol. The van der Waals surface area contributed by atoms with Crippen molar-refractivity contribution >= 4 is 40.6 Å². The third-order valence-electron chi connectivity index (χ3n) is 8.65. The Balaban J connectivity index is 1.45. The van der Waals surface area contributed by atoms with Crippen LogP contribution in [0.15, 0.2) is 140 Å². The summed E-state index contributed by atoms with van der Waals surface area (Å²) in [6, 6.07) is 44.3. The first-order valence-corrected chi connectivity index (χ1v) is 14.8. The molecule has 194 valence electrons. The molecule has 0 aliphatic heterocycles. The van der Waals surface area contributed by atoms with E-state index in [4.69, 9.17) is 0 Å². The fraction of sp³-hybridized carbons (Fsp3) is 0.0256. The van der Waals surface area contributed by atoms with Crippen molar-refractivity contribution in [3.63, 3.8) is 0 Å². The molecule has 1 spiro atoms. The van der Waals surface area contributed by atoms with Crippen LogP contribution < -0.4 is 4.90 Å². The predicted octanol–water partition coefficient (Wildman–Crippen LogP) is 10.8. The molecule has 0 bridgehead atoms. The van der Waals surface area contributed by atoms with Gasteiger partial charge in [-0.05, 0) is 110 Å². The van der Waals surface area contributed by atoms with Crippen LogP contribution in [-0.2, 0) is 5.41 Å². The largest absolute Gasteiger partial charge is 0.310 e. The summed E-state index contributed by atoms with van der Waals surface area (Å²) in [4.78, 5) is 3.76. The lowest BCUT2D eigenvalue weighted by Gasteiger charge is -2.31. The van der Waals surface area contributed by atoms with Gasteiger partial charge in [-0.15, -0.1) is 11.3 Å². The molecule has 6 aromatic rings. The Labute approximate surface area is 245 Å². The van der Waals surface area contributed by atoms with Gasteiger partial charge in [-0.1, -0.05) is 92.0 Å². The zero-order chi connectivity index (χ0) is 27.6. The molecule has 2 aliphatic carbocycles. The van der Waals surface area contributed by atoms with Crippen LogP contribution in [0.1, 0.15) is 32.7 Å². The lowest BCUT2D eigenvalue weighted by Crippen LogP contribution is -2.25. The summed E-state index contributed by atoms with van der Waals surface area (Å²) < 4.78 is 0. The van der Waals surface area contributed by atoms with Crippen molar-refractivity contribution in [3.8, 4) is 22.3 Å². The Morgan fingerprint density at radius 1 is 0.512 bits per heavy atom. The van der Waals surface area contributed by atoms with Crippen molar-refractivity contribution in [2.24, 2.45) is 0 Å². The number of nitrogens with zero attached hydrogens (tertiary/aromatic N) is 1. The fourth-order valence-electron chi connectivity index (χ4n) is 6.91. The van der Waals surface area contributed by atoms with Gasteiger partial charge >= 0.3 is 0 Å². The zero-order valence-electron chi connectivity index (χ0n) is 22.5. The van der Waals surface area contributed by atoms with E-state index < -0.39 is 0 Å². The second-order valence-corrected chi connectivity index (χ2v) is 11.6. The van der Waals surface area contributed by atoms with E-state index in [2.05, 4.69) is 145 Å². The Morgan fingerprint density at radius 2 is 1.10 bits per heavy atom. The fourth-order valence-corrected chi connectivity index (χ4v) is 8.06. The molecule has 0 atom stereocenters. The molecule has 0 fully saturated rings. The third-order valence-corrected chi connectivity index (χ3v) is 9.68. The second kappa shape index (κ2) is 9.05.